The molecule has 128 valence electrons. The van der Waals surface area contributed by atoms with Crippen LogP contribution in [0, 0.1) is 11.6 Å². The third kappa shape index (κ3) is 4.29. The maximum Gasteiger partial charge on any atom is 0.407 e. The Bertz CT molecular complexity index is 768. The smallest absolute Gasteiger partial charge is 0.307 e. The molecule has 0 spiro atoms. The van der Waals surface area contributed by atoms with Crippen LogP contribution in [0.1, 0.15) is 11.6 Å². The summed E-state index contributed by atoms with van der Waals surface area (Å²) in [5.74, 6) is -2.47. The number of hydrogen-bond acceptors (Lipinski definition) is 2. The molecule has 0 unspecified atom stereocenters. The van der Waals surface area contributed by atoms with Gasteiger partial charge in [0.2, 0.25) is 0 Å². The number of aromatic nitrogens is 2. The number of halogens is 5. The fourth-order valence-corrected chi connectivity index (χ4v) is 2.08. The summed E-state index contributed by atoms with van der Waals surface area (Å²) in [7, 11) is 1.10. The SMILES string of the molecule is CN[C@H](c1ccc(F)c(F)c1)C(F)(F)F.c1ccn2ccnc2c1. The molecule has 0 saturated heterocycles. The first-order valence-electron chi connectivity index (χ1n) is 6.89. The third-order valence-electron chi connectivity index (χ3n) is 3.19. The van der Waals surface area contributed by atoms with Crippen molar-refractivity contribution in [3.8, 4) is 0 Å². The van der Waals surface area contributed by atoms with Crippen molar-refractivity contribution < 1.29 is 22.0 Å². The molecule has 3 nitrogen and oxygen atoms in total. The van der Waals surface area contributed by atoms with Gasteiger partial charge in [0.1, 0.15) is 11.7 Å². The van der Waals surface area contributed by atoms with Crippen molar-refractivity contribution >= 4 is 5.65 Å². The first kappa shape index (κ1) is 17.9. The van der Waals surface area contributed by atoms with Gasteiger partial charge < -0.3 is 9.72 Å². The van der Waals surface area contributed by atoms with Gasteiger partial charge in [0.25, 0.3) is 0 Å². The molecule has 24 heavy (non-hydrogen) atoms. The van der Waals surface area contributed by atoms with Crippen LogP contribution in [0.5, 0.6) is 0 Å². The predicted octanol–water partition coefficient (Wildman–Crippen LogP) is 4.12. The van der Waals surface area contributed by atoms with Crippen LogP contribution >= 0.6 is 0 Å². The van der Waals surface area contributed by atoms with Gasteiger partial charge >= 0.3 is 6.18 Å². The number of fused-ring (bicyclic) bond motifs is 1. The number of pyridine rings is 1. The lowest BCUT2D eigenvalue weighted by Crippen LogP contribution is -2.31. The van der Waals surface area contributed by atoms with Crippen LogP contribution in [0.4, 0.5) is 22.0 Å². The van der Waals surface area contributed by atoms with E-state index in [1.54, 1.807) is 6.20 Å². The third-order valence-corrected chi connectivity index (χ3v) is 3.19. The van der Waals surface area contributed by atoms with E-state index in [1.165, 1.54) is 0 Å². The molecule has 1 aromatic carbocycles. The van der Waals surface area contributed by atoms with Crippen molar-refractivity contribution in [3.05, 3.63) is 72.2 Å². The number of alkyl halides is 3. The van der Waals surface area contributed by atoms with Crippen LogP contribution < -0.4 is 5.32 Å². The molecule has 0 radical (unpaired) electrons. The number of hydrogen-bond donors (Lipinski definition) is 1. The van der Waals surface area contributed by atoms with Crippen molar-refractivity contribution in [3.63, 3.8) is 0 Å². The summed E-state index contributed by atoms with van der Waals surface area (Å²) in [5, 5.41) is 1.99. The van der Waals surface area contributed by atoms with Crippen molar-refractivity contribution in [2.24, 2.45) is 0 Å². The number of rotatable bonds is 2. The standard InChI is InChI=1S/C9H8F5N.C7H6N2/c1-15-8(9(12,13)14)5-2-3-6(10)7(11)4-5;1-2-5-9-6-4-8-7(9)3-1/h2-4,8,15H,1H3;1-6H/t8-;/m1./s1. The normalized spacial score (nSPS) is 12.6. The van der Waals surface area contributed by atoms with E-state index in [1.807, 2.05) is 40.3 Å². The quantitative estimate of drug-likeness (QED) is 0.709. The molecule has 8 heteroatoms. The summed E-state index contributed by atoms with van der Waals surface area (Å²) >= 11 is 0. The van der Waals surface area contributed by atoms with Gasteiger partial charge in [-0.25, -0.2) is 13.8 Å². The highest BCUT2D eigenvalue weighted by molar-refractivity contribution is 5.36. The van der Waals surface area contributed by atoms with Gasteiger partial charge in [0.15, 0.2) is 11.6 Å². The Morgan fingerprint density at radius 2 is 1.79 bits per heavy atom. The molecule has 0 amide bonds. The second-order valence-corrected chi connectivity index (χ2v) is 4.83. The summed E-state index contributed by atoms with van der Waals surface area (Å²) in [6.45, 7) is 0. The van der Waals surface area contributed by atoms with Gasteiger partial charge in [-0.3, -0.25) is 0 Å². The second-order valence-electron chi connectivity index (χ2n) is 4.83. The second kappa shape index (κ2) is 7.39. The summed E-state index contributed by atoms with van der Waals surface area (Å²) in [6.07, 6.45) is 1.14. The largest absolute Gasteiger partial charge is 0.407 e. The van der Waals surface area contributed by atoms with Gasteiger partial charge in [-0.15, -0.1) is 0 Å². The summed E-state index contributed by atoms with van der Waals surface area (Å²) in [4.78, 5) is 4.08. The minimum Gasteiger partial charge on any atom is -0.307 e. The van der Waals surface area contributed by atoms with Crippen LogP contribution in [-0.2, 0) is 0 Å². The molecule has 0 aliphatic heterocycles. The van der Waals surface area contributed by atoms with E-state index >= 15 is 0 Å². The molecule has 0 saturated carbocycles. The highest BCUT2D eigenvalue weighted by Crippen LogP contribution is 2.32. The van der Waals surface area contributed by atoms with E-state index in [0.29, 0.717) is 12.1 Å². The lowest BCUT2D eigenvalue weighted by atomic mass is 10.1. The molecular weight excluding hydrogens is 329 g/mol. The molecule has 2 heterocycles. The molecule has 0 fully saturated rings. The topological polar surface area (TPSA) is 29.3 Å². The Balaban J connectivity index is 0.000000194. The predicted molar refractivity (Wildman–Crippen MR) is 79.4 cm³/mol. The van der Waals surface area contributed by atoms with Crippen LogP contribution in [0.3, 0.4) is 0 Å². The summed E-state index contributed by atoms with van der Waals surface area (Å²) in [6, 6.07) is 6.03. The zero-order chi connectivity index (χ0) is 17.7. The van der Waals surface area contributed by atoms with Gasteiger partial charge in [-0.1, -0.05) is 12.1 Å². The molecule has 3 rings (SSSR count). The average Bonchev–Trinajstić information content (AvgIpc) is 2.99. The van der Waals surface area contributed by atoms with Gasteiger partial charge in [0, 0.05) is 18.6 Å². The van der Waals surface area contributed by atoms with E-state index < -0.39 is 23.9 Å². The molecule has 0 bridgehead atoms. The van der Waals surface area contributed by atoms with Gasteiger partial charge in [0.05, 0.1) is 0 Å². The maximum atomic E-state index is 12.7. The Morgan fingerprint density at radius 1 is 1.04 bits per heavy atom. The highest BCUT2D eigenvalue weighted by Gasteiger charge is 2.39. The van der Waals surface area contributed by atoms with Crippen LogP contribution in [0.25, 0.3) is 5.65 Å². The van der Waals surface area contributed by atoms with Gasteiger partial charge in [-0.05, 0) is 36.9 Å². The molecule has 2 aromatic heterocycles. The molecular formula is C16H14F5N3. The molecule has 0 aliphatic carbocycles. The number of imidazole rings is 1. The van der Waals surface area contributed by atoms with Crippen molar-refractivity contribution in [2.75, 3.05) is 7.05 Å². The van der Waals surface area contributed by atoms with E-state index in [4.69, 9.17) is 0 Å². The van der Waals surface area contributed by atoms with E-state index in [0.717, 1.165) is 18.8 Å². The average molecular weight is 343 g/mol. The highest BCUT2D eigenvalue weighted by atomic mass is 19.4. The molecule has 3 aromatic rings. The first-order valence-corrected chi connectivity index (χ1v) is 6.89. The van der Waals surface area contributed by atoms with Crippen molar-refractivity contribution in [1.29, 1.82) is 0 Å². The maximum absolute atomic E-state index is 12.7. The number of benzene rings is 1. The molecule has 1 N–H and O–H groups in total. The zero-order valence-corrected chi connectivity index (χ0v) is 12.6. The zero-order valence-electron chi connectivity index (χ0n) is 12.6. The monoisotopic (exact) mass is 343 g/mol. The first-order chi connectivity index (χ1) is 11.3. The minimum atomic E-state index is -4.54. The fourth-order valence-electron chi connectivity index (χ4n) is 2.08. The summed E-state index contributed by atoms with van der Waals surface area (Å²) in [5.41, 5.74) is 0.640. The van der Waals surface area contributed by atoms with Crippen LogP contribution in [0.15, 0.2) is 55.0 Å². The fraction of sp³-hybridized carbons (Fsp3) is 0.188. The Kier molecular flexibility index (Phi) is 5.50. The van der Waals surface area contributed by atoms with Crippen molar-refractivity contribution in [1.82, 2.24) is 14.7 Å². The lowest BCUT2D eigenvalue weighted by Gasteiger charge is -2.19. The van der Waals surface area contributed by atoms with E-state index in [2.05, 4.69) is 4.98 Å². The Labute approximate surface area is 134 Å². The molecule has 0 aliphatic rings. The summed E-state index contributed by atoms with van der Waals surface area (Å²) < 4.78 is 64.2. The van der Waals surface area contributed by atoms with E-state index in [-0.39, 0.29) is 5.56 Å². The molecule has 1 atom stereocenters. The van der Waals surface area contributed by atoms with E-state index in [9.17, 15) is 22.0 Å². The Hall–Kier alpha value is -2.48. The Morgan fingerprint density at radius 3 is 2.38 bits per heavy atom. The van der Waals surface area contributed by atoms with Crippen LogP contribution in [0.2, 0.25) is 0 Å². The lowest BCUT2D eigenvalue weighted by molar-refractivity contribution is -0.156. The minimum absolute atomic E-state index is 0.357. The number of nitrogens with one attached hydrogen (secondary N) is 1. The number of nitrogens with zero attached hydrogens (tertiary/aromatic N) is 2. The van der Waals surface area contributed by atoms with Gasteiger partial charge in [-0.2, -0.15) is 13.2 Å². The van der Waals surface area contributed by atoms with Crippen LogP contribution in [-0.4, -0.2) is 22.6 Å². The van der Waals surface area contributed by atoms with Crippen molar-refractivity contribution in [2.45, 2.75) is 12.2 Å².